The third-order valence-corrected chi connectivity index (χ3v) is 5.56. The average Bonchev–Trinajstić information content (AvgIpc) is 3.05. The second-order valence-electron chi connectivity index (χ2n) is 6.01. The minimum atomic E-state index is -0.743. The summed E-state index contributed by atoms with van der Waals surface area (Å²) in [6.07, 6.45) is 1.70. The third-order valence-electron chi connectivity index (χ3n) is 5.56. The summed E-state index contributed by atoms with van der Waals surface area (Å²) in [6, 6.07) is 0. The van der Waals surface area contributed by atoms with E-state index in [9.17, 15) is 9.59 Å². The van der Waals surface area contributed by atoms with Gasteiger partial charge in [0.1, 0.15) is 0 Å². The molecule has 6 heteroatoms. The number of cyclic esters (lactones) is 1. The van der Waals surface area contributed by atoms with Gasteiger partial charge in [-0.25, -0.2) is 0 Å². The monoisotopic (exact) mass is 284 g/mol. The summed E-state index contributed by atoms with van der Waals surface area (Å²) in [6.45, 7) is 0.290. The van der Waals surface area contributed by atoms with E-state index in [4.69, 9.17) is 18.9 Å². The van der Waals surface area contributed by atoms with Gasteiger partial charge in [-0.2, -0.15) is 0 Å². The van der Waals surface area contributed by atoms with E-state index in [0.29, 0.717) is 25.9 Å². The summed E-state index contributed by atoms with van der Waals surface area (Å²) in [5, 5.41) is 0. The molecule has 0 aromatic carbocycles. The van der Waals surface area contributed by atoms with Crippen LogP contribution in [0, 0.1) is 23.2 Å². The number of rotatable bonds is 3. The topological polar surface area (TPSA) is 71.1 Å². The fourth-order valence-corrected chi connectivity index (χ4v) is 4.54. The number of esters is 2. The maximum Gasteiger partial charge on any atom is 0.313 e. The Hall–Kier alpha value is -1.14. The summed E-state index contributed by atoms with van der Waals surface area (Å²) in [4.78, 5) is 24.3. The van der Waals surface area contributed by atoms with E-state index in [2.05, 4.69) is 0 Å². The zero-order valence-corrected chi connectivity index (χ0v) is 12.0. The molecule has 1 heterocycles. The average molecular weight is 284 g/mol. The van der Waals surface area contributed by atoms with Crippen molar-refractivity contribution in [2.45, 2.75) is 25.0 Å². The number of hydrogen-bond acceptors (Lipinski definition) is 6. The first kappa shape index (κ1) is 13.8. The number of methoxy groups -OCH3 is 3. The largest absolute Gasteiger partial charge is 0.469 e. The SMILES string of the molecule is COC(=O)[C@H]1C[C@@H]2CC(OC)(OC)C[C@@]23C(=O)OC[C@@H]13. The standard InChI is InChI=1S/C14H20O6/c1-17-11(15)9-4-8-5-13(18-2,19-3)7-14(8)10(9)6-20-12(14)16/h8-10H,4-7H2,1-3H3/t8-,9+,10+,14-/m1/s1. The summed E-state index contributed by atoms with van der Waals surface area (Å²) in [7, 11) is 4.57. The second kappa shape index (κ2) is 4.43. The van der Waals surface area contributed by atoms with Gasteiger partial charge in [-0.15, -0.1) is 0 Å². The summed E-state index contributed by atoms with van der Waals surface area (Å²) in [5.74, 6) is -1.54. The first-order valence-electron chi connectivity index (χ1n) is 6.88. The minimum Gasteiger partial charge on any atom is -0.469 e. The quantitative estimate of drug-likeness (QED) is 0.562. The van der Waals surface area contributed by atoms with Gasteiger partial charge in [0.2, 0.25) is 0 Å². The van der Waals surface area contributed by atoms with E-state index in [0.717, 1.165) is 0 Å². The van der Waals surface area contributed by atoms with Crippen molar-refractivity contribution >= 4 is 11.9 Å². The van der Waals surface area contributed by atoms with Crippen LogP contribution in [0.2, 0.25) is 0 Å². The molecule has 0 amide bonds. The van der Waals surface area contributed by atoms with E-state index in [-0.39, 0.29) is 29.7 Å². The maximum absolute atomic E-state index is 12.3. The summed E-state index contributed by atoms with van der Waals surface area (Å²) >= 11 is 0. The molecule has 3 aliphatic rings. The number of hydrogen-bond donors (Lipinski definition) is 0. The van der Waals surface area contributed by atoms with Crippen molar-refractivity contribution < 1.29 is 28.5 Å². The fourth-order valence-electron chi connectivity index (χ4n) is 4.54. The van der Waals surface area contributed by atoms with Gasteiger partial charge < -0.3 is 18.9 Å². The highest BCUT2D eigenvalue weighted by Gasteiger charge is 2.72. The van der Waals surface area contributed by atoms with Crippen LogP contribution in [-0.4, -0.2) is 45.7 Å². The van der Waals surface area contributed by atoms with Crippen molar-refractivity contribution in [1.82, 2.24) is 0 Å². The van der Waals surface area contributed by atoms with Gasteiger partial charge in [-0.05, 0) is 12.3 Å². The second-order valence-corrected chi connectivity index (χ2v) is 6.01. The molecule has 6 nitrogen and oxygen atoms in total. The van der Waals surface area contributed by atoms with Crippen LogP contribution in [0.4, 0.5) is 0 Å². The molecule has 0 aromatic heterocycles. The van der Waals surface area contributed by atoms with Gasteiger partial charge in [0.15, 0.2) is 5.79 Å². The Bertz CT molecular complexity index is 443. The Balaban J connectivity index is 1.96. The zero-order valence-electron chi connectivity index (χ0n) is 12.0. The Morgan fingerprint density at radius 1 is 1.30 bits per heavy atom. The Morgan fingerprint density at radius 3 is 2.60 bits per heavy atom. The van der Waals surface area contributed by atoms with E-state index in [1.807, 2.05) is 0 Å². The molecule has 4 atom stereocenters. The van der Waals surface area contributed by atoms with Gasteiger partial charge in [0.05, 0.1) is 25.0 Å². The van der Waals surface area contributed by atoms with Crippen LogP contribution < -0.4 is 0 Å². The van der Waals surface area contributed by atoms with Crippen molar-refractivity contribution in [3.8, 4) is 0 Å². The highest BCUT2D eigenvalue weighted by Crippen LogP contribution is 2.66. The molecular formula is C14H20O6. The molecule has 2 aliphatic carbocycles. The molecule has 0 aromatic rings. The molecule has 3 rings (SSSR count). The number of carbonyl (C=O) groups is 2. The van der Waals surface area contributed by atoms with Gasteiger partial charge >= 0.3 is 11.9 Å². The summed E-state index contributed by atoms with van der Waals surface area (Å²) < 4.78 is 21.2. The first-order chi connectivity index (χ1) is 9.53. The molecule has 1 aliphatic heterocycles. The van der Waals surface area contributed by atoms with Crippen molar-refractivity contribution in [2.75, 3.05) is 27.9 Å². The lowest BCUT2D eigenvalue weighted by atomic mass is 9.74. The Labute approximate surface area is 117 Å². The zero-order chi connectivity index (χ0) is 14.5. The van der Waals surface area contributed by atoms with Crippen LogP contribution in [0.5, 0.6) is 0 Å². The molecule has 0 bridgehead atoms. The van der Waals surface area contributed by atoms with E-state index in [1.54, 1.807) is 14.2 Å². The molecule has 0 radical (unpaired) electrons. The lowest BCUT2D eigenvalue weighted by Crippen LogP contribution is -2.39. The third kappa shape index (κ3) is 1.52. The summed E-state index contributed by atoms with van der Waals surface area (Å²) in [5.41, 5.74) is -0.648. The molecule has 1 saturated heterocycles. The van der Waals surface area contributed by atoms with Crippen LogP contribution in [-0.2, 0) is 28.5 Å². The van der Waals surface area contributed by atoms with Crippen molar-refractivity contribution in [2.24, 2.45) is 23.2 Å². The van der Waals surface area contributed by atoms with E-state index in [1.165, 1.54) is 7.11 Å². The molecule has 0 N–H and O–H groups in total. The predicted molar refractivity (Wildman–Crippen MR) is 66.5 cm³/mol. The van der Waals surface area contributed by atoms with Crippen LogP contribution >= 0.6 is 0 Å². The van der Waals surface area contributed by atoms with Crippen molar-refractivity contribution in [3.05, 3.63) is 0 Å². The lowest BCUT2D eigenvalue weighted by Gasteiger charge is -2.30. The van der Waals surface area contributed by atoms with Gasteiger partial charge in [0.25, 0.3) is 0 Å². The minimum absolute atomic E-state index is 0.0477. The van der Waals surface area contributed by atoms with Crippen LogP contribution in [0.25, 0.3) is 0 Å². The van der Waals surface area contributed by atoms with Gasteiger partial charge in [0, 0.05) is 33.0 Å². The molecule has 3 fully saturated rings. The molecule has 2 saturated carbocycles. The Morgan fingerprint density at radius 2 is 2.00 bits per heavy atom. The smallest absolute Gasteiger partial charge is 0.313 e. The van der Waals surface area contributed by atoms with Crippen LogP contribution in [0.3, 0.4) is 0 Å². The maximum atomic E-state index is 12.3. The highest BCUT2D eigenvalue weighted by molar-refractivity contribution is 5.84. The Kier molecular flexibility index (Phi) is 3.06. The van der Waals surface area contributed by atoms with Crippen molar-refractivity contribution in [3.63, 3.8) is 0 Å². The van der Waals surface area contributed by atoms with Crippen molar-refractivity contribution in [1.29, 1.82) is 0 Å². The molecule has 20 heavy (non-hydrogen) atoms. The normalized spacial score (nSPS) is 41.1. The molecule has 0 unspecified atom stereocenters. The molecular weight excluding hydrogens is 264 g/mol. The predicted octanol–water partition coefficient (Wildman–Crippen LogP) is 0.738. The van der Waals surface area contributed by atoms with E-state index < -0.39 is 11.2 Å². The highest BCUT2D eigenvalue weighted by atomic mass is 16.7. The van der Waals surface area contributed by atoms with Gasteiger partial charge in [-0.1, -0.05) is 0 Å². The van der Waals surface area contributed by atoms with Gasteiger partial charge in [-0.3, -0.25) is 9.59 Å². The fraction of sp³-hybridized carbons (Fsp3) is 0.857. The lowest BCUT2D eigenvalue weighted by molar-refractivity contribution is -0.209. The number of ether oxygens (including phenoxy) is 4. The van der Waals surface area contributed by atoms with Crippen LogP contribution in [0.1, 0.15) is 19.3 Å². The molecule has 112 valence electrons. The molecule has 1 spiro atoms. The first-order valence-corrected chi connectivity index (χ1v) is 6.88. The van der Waals surface area contributed by atoms with E-state index >= 15 is 0 Å². The van der Waals surface area contributed by atoms with Crippen LogP contribution in [0.15, 0.2) is 0 Å². The number of carbonyl (C=O) groups excluding carboxylic acids is 2.